The Labute approximate surface area is 110 Å². The van der Waals surface area contributed by atoms with Crippen molar-refractivity contribution in [1.29, 1.82) is 0 Å². The molecule has 1 aromatic carbocycles. The lowest BCUT2D eigenvalue weighted by Gasteiger charge is -2.18. The van der Waals surface area contributed by atoms with Crippen LogP contribution in [0.15, 0.2) is 23.8 Å². The topological polar surface area (TPSA) is 20.2 Å². The summed E-state index contributed by atoms with van der Waals surface area (Å²) in [6.07, 6.45) is 6.39. The highest BCUT2D eigenvalue weighted by Crippen LogP contribution is 2.31. The van der Waals surface area contributed by atoms with Gasteiger partial charge < -0.3 is 5.11 Å². The van der Waals surface area contributed by atoms with Gasteiger partial charge in [-0.3, -0.25) is 0 Å². The minimum atomic E-state index is -1.53. The van der Waals surface area contributed by atoms with Crippen molar-refractivity contribution in [2.75, 3.05) is 0 Å². The number of allylic oxidation sites excluding steroid dienone is 1. The molecule has 1 aliphatic carbocycles. The fraction of sp³-hybridized carbons (Fsp3) is 0.467. The smallest absolute Gasteiger partial charge is 0.194 e. The van der Waals surface area contributed by atoms with Gasteiger partial charge >= 0.3 is 0 Å². The minimum Gasteiger partial charge on any atom is -0.384 e. The Bertz CT molecular complexity index is 483. The number of halogens is 3. The first kappa shape index (κ1) is 14.1. The molecule has 4 heteroatoms. The maximum absolute atomic E-state index is 13.6. The molecule has 1 aromatic rings. The molecule has 1 aliphatic rings. The summed E-state index contributed by atoms with van der Waals surface area (Å²) in [5.74, 6) is -4.06. The molecule has 19 heavy (non-hydrogen) atoms. The van der Waals surface area contributed by atoms with Crippen LogP contribution in [-0.4, -0.2) is 5.11 Å². The molecule has 1 N–H and O–H groups in total. The van der Waals surface area contributed by atoms with Gasteiger partial charge in [-0.15, -0.1) is 0 Å². The van der Waals surface area contributed by atoms with Crippen LogP contribution in [0.1, 0.15) is 50.2 Å². The predicted molar refractivity (Wildman–Crippen MR) is 67.1 cm³/mol. The minimum absolute atomic E-state index is 0.189. The van der Waals surface area contributed by atoms with E-state index in [4.69, 9.17) is 0 Å². The number of hydrogen-bond acceptors (Lipinski definition) is 1. The Balaban J connectivity index is 2.27. The Kier molecular flexibility index (Phi) is 4.64. The van der Waals surface area contributed by atoms with E-state index in [2.05, 4.69) is 0 Å². The van der Waals surface area contributed by atoms with Crippen molar-refractivity contribution in [2.24, 2.45) is 0 Å². The first-order valence-electron chi connectivity index (χ1n) is 6.61. The molecule has 0 bridgehead atoms. The average molecular weight is 270 g/mol. The molecule has 0 aromatic heterocycles. The van der Waals surface area contributed by atoms with Crippen molar-refractivity contribution in [3.05, 3.63) is 46.8 Å². The lowest BCUT2D eigenvalue weighted by molar-refractivity contribution is 0.202. The first-order valence-corrected chi connectivity index (χ1v) is 6.61. The molecule has 0 saturated heterocycles. The number of aliphatic hydroxyl groups excluding tert-OH is 1. The summed E-state index contributed by atoms with van der Waals surface area (Å²) in [6, 6.07) is 1.96. The molecule has 2 rings (SSSR count). The van der Waals surface area contributed by atoms with Crippen molar-refractivity contribution < 1.29 is 18.3 Å². The fourth-order valence-electron chi connectivity index (χ4n) is 2.42. The van der Waals surface area contributed by atoms with Crippen molar-refractivity contribution in [1.82, 2.24) is 0 Å². The van der Waals surface area contributed by atoms with Gasteiger partial charge in [0.2, 0.25) is 0 Å². The van der Waals surface area contributed by atoms with E-state index >= 15 is 0 Å². The van der Waals surface area contributed by atoms with Crippen molar-refractivity contribution in [3.8, 4) is 0 Å². The van der Waals surface area contributed by atoms with E-state index in [-0.39, 0.29) is 5.56 Å². The molecule has 0 fully saturated rings. The zero-order chi connectivity index (χ0) is 13.8. The summed E-state index contributed by atoms with van der Waals surface area (Å²) in [7, 11) is 0. The third-order valence-electron chi connectivity index (χ3n) is 3.54. The van der Waals surface area contributed by atoms with E-state index in [9.17, 15) is 18.3 Å². The Hall–Kier alpha value is -1.29. The van der Waals surface area contributed by atoms with E-state index < -0.39 is 23.6 Å². The largest absolute Gasteiger partial charge is 0.384 e. The van der Waals surface area contributed by atoms with Crippen LogP contribution in [-0.2, 0) is 0 Å². The van der Waals surface area contributed by atoms with Crippen LogP contribution in [0.3, 0.4) is 0 Å². The SMILES string of the molecule is OC(/C1=C/CCCCCC1)c1ccc(F)c(F)c1F. The molecule has 0 aliphatic heterocycles. The number of benzene rings is 1. The molecule has 0 saturated carbocycles. The second kappa shape index (κ2) is 6.24. The normalized spacial score (nSPS) is 21.2. The van der Waals surface area contributed by atoms with Gasteiger partial charge in [0.1, 0.15) is 6.10 Å². The second-order valence-corrected chi connectivity index (χ2v) is 4.90. The van der Waals surface area contributed by atoms with Crippen LogP contribution in [0.25, 0.3) is 0 Å². The summed E-state index contributed by atoms with van der Waals surface area (Å²) < 4.78 is 39.7. The van der Waals surface area contributed by atoms with Gasteiger partial charge in [-0.2, -0.15) is 0 Å². The maximum atomic E-state index is 13.6. The molecule has 0 heterocycles. The molecule has 104 valence electrons. The van der Waals surface area contributed by atoms with Crippen LogP contribution in [0, 0.1) is 17.5 Å². The second-order valence-electron chi connectivity index (χ2n) is 4.90. The Morgan fingerprint density at radius 2 is 1.68 bits per heavy atom. The number of aliphatic hydroxyl groups is 1. The fourth-order valence-corrected chi connectivity index (χ4v) is 2.42. The van der Waals surface area contributed by atoms with Crippen LogP contribution in [0.5, 0.6) is 0 Å². The summed E-state index contributed by atoms with van der Waals surface area (Å²) in [6.45, 7) is 0. The highest BCUT2D eigenvalue weighted by molar-refractivity contribution is 5.29. The molecular weight excluding hydrogens is 253 g/mol. The van der Waals surface area contributed by atoms with Gasteiger partial charge in [0.25, 0.3) is 0 Å². The predicted octanol–water partition coefficient (Wildman–Crippen LogP) is 4.42. The van der Waals surface area contributed by atoms with E-state index in [1.54, 1.807) is 0 Å². The Morgan fingerprint density at radius 1 is 0.947 bits per heavy atom. The van der Waals surface area contributed by atoms with Crippen molar-refractivity contribution in [2.45, 2.75) is 44.6 Å². The van der Waals surface area contributed by atoms with Gasteiger partial charge in [0.05, 0.1) is 0 Å². The maximum Gasteiger partial charge on any atom is 0.194 e. The molecule has 0 spiro atoms. The number of rotatable bonds is 2. The molecule has 1 unspecified atom stereocenters. The summed E-state index contributed by atoms with van der Waals surface area (Å²) in [5.41, 5.74) is 0.510. The number of hydrogen-bond donors (Lipinski definition) is 1. The lowest BCUT2D eigenvalue weighted by atomic mass is 9.92. The Morgan fingerprint density at radius 3 is 2.47 bits per heavy atom. The van der Waals surface area contributed by atoms with Crippen molar-refractivity contribution in [3.63, 3.8) is 0 Å². The van der Waals surface area contributed by atoms with E-state index in [0.717, 1.165) is 44.2 Å². The van der Waals surface area contributed by atoms with Crippen LogP contribution < -0.4 is 0 Å². The summed E-state index contributed by atoms with van der Waals surface area (Å²) in [4.78, 5) is 0. The third-order valence-corrected chi connectivity index (χ3v) is 3.54. The summed E-state index contributed by atoms with van der Waals surface area (Å²) in [5, 5.41) is 10.2. The summed E-state index contributed by atoms with van der Waals surface area (Å²) >= 11 is 0. The van der Waals surface area contributed by atoms with E-state index in [0.29, 0.717) is 12.0 Å². The van der Waals surface area contributed by atoms with E-state index in [1.165, 1.54) is 0 Å². The molecule has 1 nitrogen and oxygen atoms in total. The van der Waals surface area contributed by atoms with Crippen LogP contribution >= 0.6 is 0 Å². The lowest BCUT2D eigenvalue weighted by Crippen LogP contribution is -2.08. The zero-order valence-electron chi connectivity index (χ0n) is 10.6. The van der Waals surface area contributed by atoms with E-state index in [1.807, 2.05) is 6.08 Å². The van der Waals surface area contributed by atoms with Crippen LogP contribution in [0.2, 0.25) is 0 Å². The van der Waals surface area contributed by atoms with Crippen molar-refractivity contribution >= 4 is 0 Å². The van der Waals surface area contributed by atoms with Gasteiger partial charge in [-0.1, -0.05) is 25.0 Å². The molecule has 1 atom stereocenters. The van der Waals surface area contributed by atoms with Crippen LogP contribution in [0.4, 0.5) is 13.2 Å². The van der Waals surface area contributed by atoms with Gasteiger partial charge in [-0.05, 0) is 37.3 Å². The standard InChI is InChI=1S/C15H17F3O/c16-12-9-8-11(13(17)14(12)18)15(19)10-6-4-2-1-3-5-7-10/h6,8-9,15,19H,1-5,7H2/b10-6+. The molecular formula is C15H17F3O. The highest BCUT2D eigenvalue weighted by Gasteiger charge is 2.22. The third kappa shape index (κ3) is 3.18. The molecule has 0 radical (unpaired) electrons. The zero-order valence-corrected chi connectivity index (χ0v) is 10.6. The monoisotopic (exact) mass is 270 g/mol. The van der Waals surface area contributed by atoms with Gasteiger partial charge in [0, 0.05) is 5.56 Å². The van der Waals surface area contributed by atoms with Gasteiger partial charge in [0.15, 0.2) is 17.5 Å². The van der Waals surface area contributed by atoms with Gasteiger partial charge in [-0.25, -0.2) is 13.2 Å². The molecule has 0 amide bonds. The first-order chi connectivity index (χ1) is 9.11. The highest BCUT2D eigenvalue weighted by atomic mass is 19.2. The quantitative estimate of drug-likeness (QED) is 0.623. The average Bonchev–Trinajstić information content (AvgIpc) is 2.35.